The third kappa shape index (κ3) is 3.68. The Kier molecular flexibility index (Phi) is 3.42. The highest BCUT2D eigenvalue weighted by molar-refractivity contribution is 6.01. The number of hydrogen-bond donors (Lipinski definition) is 1. The molecule has 0 aromatic heterocycles. The summed E-state index contributed by atoms with van der Waals surface area (Å²) in [5.74, 6) is -0.296. The van der Waals surface area contributed by atoms with Crippen LogP contribution in [0.4, 0.5) is 0 Å². The fraction of sp³-hybridized carbons (Fsp3) is 0.625. The van der Waals surface area contributed by atoms with Gasteiger partial charge in [0.05, 0.1) is 5.71 Å². The smallest absolute Gasteiger partial charge is 0.227 e. The van der Waals surface area contributed by atoms with Crippen LogP contribution in [-0.4, -0.2) is 24.1 Å². The monoisotopic (exact) mass is 184 g/mol. The minimum Gasteiger partial charge on any atom is -0.395 e. The summed E-state index contributed by atoms with van der Waals surface area (Å²) in [6.07, 6.45) is 1.76. The fourth-order valence-corrected chi connectivity index (χ4v) is 0.902. The van der Waals surface area contributed by atoms with Gasteiger partial charge in [0.2, 0.25) is 11.8 Å². The lowest BCUT2D eigenvalue weighted by Gasteiger charge is -1.79. The van der Waals surface area contributed by atoms with E-state index in [1.165, 1.54) is 0 Å². The predicted octanol–water partition coefficient (Wildman–Crippen LogP) is 0.206. The highest BCUT2D eigenvalue weighted by atomic mass is 16.6. The highest BCUT2D eigenvalue weighted by Gasteiger charge is 2.15. The number of hydrogen-bond acceptors (Lipinski definition) is 4. The summed E-state index contributed by atoms with van der Waals surface area (Å²) in [4.78, 5) is 24.9. The number of nitrogens with zero attached hydrogens (tertiary/aromatic N) is 1. The lowest BCUT2D eigenvalue weighted by molar-refractivity contribution is -0.124. The number of carbonyl (C=O) groups excluding carboxylic acids is 2. The molecule has 0 atom stereocenters. The molecular weight excluding hydrogens is 172 g/mol. The van der Waals surface area contributed by atoms with Crippen molar-refractivity contribution >= 4 is 17.5 Å². The molecule has 1 fully saturated rings. The van der Waals surface area contributed by atoms with Gasteiger partial charge >= 0.3 is 0 Å². The van der Waals surface area contributed by atoms with Gasteiger partial charge in [-0.2, -0.15) is 0 Å². The standard InChI is InChI=1S/C4H5NO2.C4H7NO/c6-3-1-2-4(7)5-3;1-4-2-3-6-5-4/h1-2H2,(H,5,6,7);2-3H2,1H3. The zero-order valence-corrected chi connectivity index (χ0v) is 7.50. The molecule has 0 aromatic rings. The molecule has 1 N–H and O–H groups in total. The normalized spacial score (nSPS) is 19.9. The molecule has 13 heavy (non-hydrogen) atoms. The summed E-state index contributed by atoms with van der Waals surface area (Å²) in [5.41, 5.74) is 1.11. The number of nitrogens with one attached hydrogen (secondary N) is 1. The molecule has 2 heterocycles. The molecule has 1 saturated heterocycles. The molecule has 2 aliphatic rings. The molecule has 0 aromatic carbocycles. The summed E-state index contributed by atoms with van der Waals surface area (Å²) in [6, 6.07) is 0. The van der Waals surface area contributed by atoms with Gasteiger partial charge in [-0.3, -0.25) is 14.9 Å². The molecule has 0 bridgehead atoms. The maximum Gasteiger partial charge on any atom is 0.227 e. The van der Waals surface area contributed by atoms with Crippen molar-refractivity contribution in [3.63, 3.8) is 0 Å². The summed E-state index contributed by atoms with van der Waals surface area (Å²) in [6.45, 7) is 2.75. The zero-order chi connectivity index (χ0) is 9.68. The molecule has 72 valence electrons. The van der Waals surface area contributed by atoms with Crippen LogP contribution in [0.25, 0.3) is 0 Å². The fourth-order valence-electron chi connectivity index (χ4n) is 0.902. The average molecular weight is 184 g/mol. The van der Waals surface area contributed by atoms with Crippen molar-refractivity contribution in [3.8, 4) is 0 Å². The summed E-state index contributed by atoms with van der Waals surface area (Å²) < 4.78 is 0. The van der Waals surface area contributed by atoms with Gasteiger partial charge < -0.3 is 4.84 Å². The van der Waals surface area contributed by atoms with E-state index in [2.05, 4.69) is 15.3 Å². The second-order valence-electron chi connectivity index (χ2n) is 2.88. The van der Waals surface area contributed by atoms with E-state index in [0.29, 0.717) is 12.8 Å². The van der Waals surface area contributed by atoms with Crippen LogP contribution in [0.2, 0.25) is 0 Å². The maximum atomic E-state index is 10.1. The summed E-state index contributed by atoms with van der Waals surface area (Å²) in [7, 11) is 0. The van der Waals surface area contributed by atoms with E-state index in [0.717, 1.165) is 18.7 Å². The second kappa shape index (κ2) is 4.59. The van der Waals surface area contributed by atoms with Crippen molar-refractivity contribution in [1.82, 2.24) is 5.32 Å². The van der Waals surface area contributed by atoms with E-state index in [-0.39, 0.29) is 11.8 Å². The number of amides is 2. The first-order valence-corrected chi connectivity index (χ1v) is 4.16. The van der Waals surface area contributed by atoms with Gasteiger partial charge in [0.15, 0.2) is 0 Å². The minimum atomic E-state index is -0.148. The molecular formula is C8H12N2O3. The van der Waals surface area contributed by atoms with Gasteiger partial charge in [0.1, 0.15) is 6.61 Å². The Balaban J connectivity index is 0.000000132. The van der Waals surface area contributed by atoms with E-state index >= 15 is 0 Å². The van der Waals surface area contributed by atoms with Gasteiger partial charge in [-0.05, 0) is 6.92 Å². The van der Waals surface area contributed by atoms with Gasteiger partial charge in [0, 0.05) is 19.3 Å². The van der Waals surface area contributed by atoms with Crippen LogP contribution in [0.3, 0.4) is 0 Å². The highest BCUT2D eigenvalue weighted by Crippen LogP contribution is 1.96. The van der Waals surface area contributed by atoms with Crippen molar-refractivity contribution in [2.75, 3.05) is 6.61 Å². The summed E-state index contributed by atoms with van der Waals surface area (Å²) >= 11 is 0. The van der Waals surface area contributed by atoms with E-state index < -0.39 is 0 Å². The Bertz CT molecular complexity index is 234. The van der Waals surface area contributed by atoms with Crippen LogP contribution < -0.4 is 5.32 Å². The van der Waals surface area contributed by atoms with E-state index in [9.17, 15) is 9.59 Å². The number of carbonyl (C=O) groups is 2. The van der Waals surface area contributed by atoms with Crippen LogP contribution >= 0.6 is 0 Å². The van der Waals surface area contributed by atoms with E-state index in [4.69, 9.17) is 0 Å². The Morgan fingerprint density at radius 1 is 1.23 bits per heavy atom. The molecule has 0 saturated carbocycles. The van der Waals surface area contributed by atoms with Crippen LogP contribution in [0, 0.1) is 0 Å². The van der Waals surface area contributed by atoms with E-state index in [1.54, 1.807) is 0 Å². The van der Waals surface area contributed by atoms with Crippen LogP contribution in [0.15, 0.2) is 5.16 Å². The van der Waals surface area contributed by atoms with Crippen molar-refractivity contribution in [3.05, 3.63) is 0 Å². The zero-order valence-electron chi connectivity index (χ0n) is 7.50. The van der Waals surface area contributed by atoms with Crippen molar-refractivity contribution < 1.29 is 14.4 Å². The molecule has 0 unspecified atom stereocenters. The first-order chi connectivity index (χ1) is 6.18. The van der Waals surface area contributed by atoms with Crippen molar-refractivity contribution in [2.45, 2.75) is 26.2 Å². The van der Waals surface area contributed by atoms with Gasteiger partial charge in [0.25, 0.3) is 0 Å². The molecule has 2 rings (SSSR count). The maximum absolute atomic E-state index is 10.1. The largest absolute Gasteiger partial charge is 0.395 e. The predicted molar refractivity (Wildman–Crippen MR) is 46.1 cm³/mol. The third-order valence-electron chi connectivity index (χ3n) is 1.63. The SMILES string of the molecule is CC1=NOCC1.O=C1CCC(=O)N1. The molecule has 5 heteroatoms. The summed E-state index contributed by atoms with van der Waals surface area (Å²) in [5, 5.41) is 5.79. The van der Waals surface area contributed by atoms with Crippen LogP contribution in [0.1, 0.15) is 26.2 Å². The lowest BCUT2D eigenvalue weighted by Crippen LogP contribution is -2.18. The van der Waals surface area contributed by atoms with Gasteiger partial charge in [-0.15, -0.1) is 0 Å². The van der Waals surface area contributed by atoms with Crippen molar-refractivity contribution in [2.24, 2.45) is 5.16 Å². The average Bonchev–Trinajstić information content (AvgIpc) is 2.64. The van der Waals surface area contributed by atoms with Gasteiger partial charge in [-0.1, -0.05) is 5.16 Å². The molecule has 0 aliphatic carbocycles. The Morgan fingerprint density at radius 3 is 2.00 bits per heavy atom. The minimum absolute atomic E-state index is 0.148. The Morgan fingerprint density at radius 2 is 1.85 bits per heavy atom. The first kappa shape index (κ1) is 9.70. The number of oxime groups is 1. The number of imide groups is 1. The van der Waals surface area contributed by atoms with Crippen LogP contribution in [-0.2, 0) is 14.4 Å². The number of rotatable bonds is 0. The first-order valence-electron chi connectivity index (χ1n) is 4.16. The van der Waals surface area contributed by atoms with E-state index in [1.807, 2.05) is 6.92 Å². The molecule has 2 amide bonds. The quantitative estimate of drug-likeness (QED) is 0.547. The molecule has 5 nitrogen and oxygen atoms in total. The van der Waals surface area contributed by atoms with Crippen molar-refractivity contribution in [1.29, 1.82) is 0 Å². The van der Waals surface area contributed by atoms with Crippen LogP contribution in [0.5, 0.6) is 0 Å². The molecule has 0 spiro atoms. The second-order valence-corrected chi connectivity index (χ2v) is 2.88. The Labute approximate surface area is 76.1 Å². The lowest BCUT2D eigenvalue weighted by atomic mass is 10.3. The topological polar surface area (TPSA) is 67.8 Å². The third-order valence-corrected chi connectivity index (χ3v) is 1.63. The molecule has 0 radical (unpaired) electrons. The Hall–Kier alpha value is -1.39. The molecule has 2 aliphatic heterocycles. The van der Waals surface area contributed by atoms with Gasteiger partial charge in [-0.25, -0.2) is 0 Å².